The fourth-order valence-corrected chi connectivity index (χ4v) is 3.21. The molecule has 0 bridgehead atoms. The summed E-state index contributed by atoms with van der Waals surface area (Å²) < 4.78 is 1.92. The smallest absolute Gasteiger partial charge is 0.222 e. The van der Waals surface area contributed by atoms with E-state index in [2.05, 4.69) is 15.3 Å². The first-order valence-corrected chi connectivity index (χ1v) is 8.49. The predicted octanol–water partition coefficient (Wildman–Crippen LogP) is 1.89. The van der Waals surface area contributed by atoms with E-state index in [1.807, 2.05) is 41.8 Å². The number of aromatic nitrogens is 3. The lowest BCUT2D eigenvalue weighted by molar-refractivity contribution is -0.130. The summed E-state index contributed by atoms with van der Waals surface area (Å²) in [6, 6.07) is 5.61. The van der Waals surface area contributed by atoms with E-state index in [1.165, 1.54) is 0 Å². The molecule has 1 aliphatic rings. The molecule has 0 aromatic carbocycles. The number of carbonyl (C=O) groups is 1. The molecule has 0 saturated carbocycles. The molecule has 1 aliphatic heterocycles. The number of amides is 1. The van der Waals surface area contributed by atoms with Crippen LogP contribution in [-0.2, 0) is 11.8 Å². The SMILES string of the molecule is CCCC(=O)N1C[C@@H](Nc2ccc(C#N)nc2)[C@H](c2cn(C)cn2)C1. The van der Waals surface area contributed by atoms with Crippen LogP contribution >= 0.6 is 0 Å². The van der Waals surface area contributed by atoms with Crippen LogP contribution in [0.4, 0.5) is 5.69 Å². The molecule has 0 aliphatic carbocycles. The molecule has 2 atom stereocenters. The number of pyridine rings is 1. The lowest BCUT2D eigenvalue weighted by Gasteiger charge is -2.19. The van der Waals surface area contributed by atoms with Gasteiger partial charge in [-0.2, -0.15) is 5.26 Å². The third-order valence-electron chi connectivity index (χ3n) is 4.47. The second kappa shape index (κ2) is 7.34. The standard InChI is InChI=1S/C18H22N6O/c1-3-4-18(25)24-9-15(16-10-23(2)12-21-16)17(11-24)22-14-6-5-13(7-19)20-8-14/h5-6,8,10,12,15,17,22H,3-4,9,11H2,1-2H3/t15-,17+/m0/s1. The van der Waals surface area contributed by atoms with E-state index in [0.717, 1.165) is 17.8 Å². The van der Waals surface area contributed by atoms with E-state index in [1.54, 1.807) is 18.6 Å². The van der Waals surface area contributed by atoms with Gasteiger partial charge in [0, 0.05) is 38.7 Å². The van der Waals surface area contributed by atoms with Gasteiger partial charge in [0.05, 0.1) is 29.9 Å². The topological polar surface area (TPSA) is 86.8 Å². The highest BCUT2D eigenvalue weighted by Crippen LogP contribution is 2.29. The molecule has 3 rings (SSSR count). The van der Waals surface area contributed by atoms with E-state index in [4.69, 9.17) is 5.26 Å². The number of nitriles is 1. The van der Waals surface area contributed by atoms with Gasteiger partial charge in [0.15, 0.2) is 0 Å². The van der Waals surface area contributed by atoms with Gasteiger partial charge >= 0.3 is 0 Å². The van der Waals surface area contributed by atoms with Crippen LogP contribution in [0.25, 0.3) is 0 Å². The summed E-state index contributed by atoms with van der Waals surface area (Å²) >= 11 is 0. The predicted molar refractivity (Wildman–Crippen MR) is 93.8 cm³/mol. The molecule has 1 saturated heterocycles. The minimum Gasteiger partial charge on any atom is -0.379 e. The Morgan fingerprint density at radius 2 is 2.24 bits per heavy atom. The van der Waals surface area contributed by atoms with Gasteiger partial charge in [-0.15, -0.1) is 0 Å². The van der Waals surface area contributed by atoms with E-state index >= 15 is 0 Å². The second-order valence-electron chi connectivity index (χ2n) is 6.41. The van der Waals surface area contributed by atoms with E-state index in [0.29, 0.717) is 25.2 Å². The van der Waals surface area contributed by atoms with Crippen LogP contribution in [0.15, 0.2) is 30.9 Å². The third-order valence-corrected chi connectivity index (χ3v) is 4.47. The highest BCUT2D eigenvalue weighted by molar-refractivity contribution is 5.76. The van der Waals surface area contributed by atoms with Crippen molar-refractivity contribution in [3.8, 4) is 6.07 Å². The Hall–Kier alpha value is -2.88. The zero-order valence-corrected chi connectivity index (χ0v) is 14.5. The number of hydrogen-bond donors (Lipinski definition) is 1. The molecule has 1 fully saturated rings. The van der Waals surface area contributed by atoms with Gasteiger partial charge in [0.2, 0.25) is 5.91 Å². The Bertz CT molecular complexity index is 776. The minimum absolute atomic E-state index is 0.0606. The third kappa shape index (κ3) is 3.79. The zero-order chi connectivity index (χ0) is 17.8. The quantitative estimate of drug-likeness (QED) is 0.899. The molecule has 7 heteroatoms. The molecule has 0 radical (unpaired) electrons. The number of carbonyl (C=O) groups excluding carboxylic acids is 1. The number of likely N-dealkylation sites (tertiary alicyclic amines) is 1. The fourth-order valence-electron chi connectivity index (χ4n) is 3.21. The maximum atomic E-state index is 12.3. The van der Waals surface area contributed by atoms with Crippen LogP contribution in [0.2, 0.25) is 0 Å². The molecule has 0 unspecified atom stereocenters. The van der Waals surface area contributed by atoms with Crippen LogP contribution in [0.5, 0.6) is 0 Å². The first-order chi connectivity index (χ1) is 12.1. The molecule has 25 heavy (non-hydrogen) atoms. The molecule has 7 nitrogen and oxygen atoms in total. The number of hydrogen-bond acceptors (Lipinski definition) is 5. The fraction of sp³-hybridized carbons (Fsp3) is 0.444. The molecule has 2 aromatic heterocycles. The summed E-state index contributed by atoms with van der Waals surface area (Å²) in [6.45, 7) is 3.32. The maximum absolute atomic E-state index is 12.3. The lowest BCUT2D eigenvalue weighted by Crippen LogP contribution is -2.31. The Morgan fingerprint density at radius 3 is 2.84 bits per heavy atom. The number of nitrogens with zero attached hydrogens (tertiary/aromatic N) is 5. The van der Waals surface area contributed by atoms with Crippen molar-refractivity contribution in [1.82, 2.24) is 19.4 Å². The van der Waals surface area contributed by atoms with E-state index in [9.17, 15) is 4.79 Å². The Balaban J connectivity index is 1.79. The van der Waals surface area contributed by atoms with Crippen molar-refractivity contribution in [2.24, 2.45) is 7.05 Å². The van der Waals surface area contributed by atoms with Crippen molar-refractivity contribution >= 4 is 11.6 Å². The summed E-state index contributed by atoms with van der Waals surface area (Å²) in [5.41, 5.74) is 2.21. The average Bonchev–Trinajstić information content (AvgIpc) is 3.22. The van der Waals surface area contributed by atoms with Gasteiger partial charge in [-0.1, -0.05) is 6.92 Å². The number of aryl methyl sites for hydroxylation is 1. The van der Waals surface area contributed by atoms with Crippen molar-refractivity contribution < 1.29 is 4.79 Å². The average molecular weight is 338 g/mol. The maximum Gasteiger partial charge on any atom is 0.222 e. The summed E-state index contributed by atoms with van der Waals surface area (Å²) in [7, 11) is 1.94. The Labute approximate surface area is 147 Å². The Morgan fingerprint density at radius 1 is 1.40 bits per heavy atom. The highest BCUT2D eigenvalue weighted by atomic mass is 16.2. The van der Waals surface area contributed by atoms with Gasteiger partial charge in [0.25, 0.3) is 0 Å². The molecule has 2 aromatic rings. The van der Waals surface area contributed by atoms with Crippen molar-refractivity contribution in [3.05, 3.63) is 42.2 Å². The van der Waals surface area contributed by atoms with Crippen LogP contribution in [0.1, 0.15) is 37.1 Å². The second-order valence-corrected chi connectivity index (χ2v) is 6.41. The molecule has 1 amide bonds. The molecule has 3 heterocycles. The molecule has 1 N–H and O–H groups in total. The lowest BCUT2D eigenvalue weighted by atomic mass is 10.0. The number of rotatable bonds is 5. The normalized spacial score (nSPS) is 19.6. The van der Waals surface area contributed by atoms with Crippen LogP contribution in [-0.4, -0.2) is 44.5 Å². The van der Waals surface area contributed by atoms with Crippen molar-refractivity contribution in [2.45, 2.75) is 31.7 Å². The summed E-state index contributed by atoms with van der Waals surface area (Å²) in [5.74, 6) is 0.309. The largest absolute Gasteiger partial charge is 0.379 e. The molecule has 130 valence electrons. The van der Waals surface area contributed by atoms with Crippen molar-refractivity contribution in [1.29, 1.82) is 5.26 Å². The van der Waals surface area contributed by atoms with Crippen LogP contribution < -0.4 is 5.32 Å². The van der Waals surface area contributed by atoms with E-state index < -0.39 is 0 Å². The minimum atomic E-state index is 0.0606. The number of anilines is 1. The number of nitrogens with one attached hydrogen (secondary N) is 1. The van der Waals surface area contributed by atoms with Gasteiger partial charge in [-0.05, 0) is 18.6 Å². The summed E-state index contributed by atoms with van der Waals surface area (Å²) in [5, 5.41) is 12.3. The van der Waals surface area contributed by atoms with Gasteiger partial charge < -0.3 is 14.8 Å². The zero-order valence-electron chi connectivity index (χ0n) is 14.5. The monoisotopic (exact) mass is 338 g/mol. The van der Waals surface area contributed by atoms with Crippen LogP contribution in [0, 0.1) is 11.3 Å². The molecule has 0 spiro atoms. The molecular formula is C18H22N6O. The first-order valence-electron chi connectivity index (χ1n) is 8.49. The molecular weight excluding hydrogens is 316 g/mol. The van der Waals surface area contributed by atoms with Crippen LogP contribution in [0.3, 0.4) is 0 Å². The van der Waals surface area contributed by atoms with Gasteiger partial charge in [-0.25, -0.2) is 9.97 Å². The summed E-state index contributed by atoms with van der Waals surface area (Å²) in [6.07, 6.45) is 6.86. The summed E-state index contributed by atoms with van der Waals surface area (Å²) in [4.78, 5) is 22.8. The number of imidazole rings is 1. The first kappa shape index (κ1) is 17.0. The Kier molecular flexibility index (Phi) is 4.98. The van der Waals surface area contributed by atoms with E-state index in [-0.39, 0.29) is 17.9 Å². The van der Waals surface area contributed by atoms with Crippen molar-refractivity contribution in [3.63, 3.8) is 0 Å². The van der Waals surface area contributed by atoms with Gasteiger partial charge in [0.1, 0.15) is 11.8 Å². The van der Waals surface area contributed by atoms with Gasteiger partial charge in [-0.3, -0.25) is 4.79 Å². The van der Waals surface area contributed by atoms with Crippen molar-refractivity contribution in [2.75, 3.05) is 18.4 Å². The highest BCUT2D eigenvalue weighted by Gasteiger charge is 2.37.